The van der Waals surface area contributed by atoms with E-state index in [1.807, 2.05) is 0 Å². The van der Waals surface area contributed by atoms with E-state index in [1.54, 1.807) is 6.92 Å². The molecule has 0 aliphatic carbocycles. The quantitative estimate of drug-likeness (QED) is 0.833. The summed E-state index contributed by atoms with van der Waals surface area (Å²) in [6.07, 6.45) is -4.38. The van der Waals surface area contributed by atoms with Crippen LogP contribution in [-0.2, 0) is 6.18 Å². The van der Waals surface area contributed by atoms with Crippen LogP contribution in [0.3, 0.4) is 0 Å². The Labute approximate surface area is 94.9 Å². The normalized spacial score (nSPS) is 11.8. The van der Waals surface area contributed by atoms with Crippen molar-refractivity contribution in [2.75, 3.05) is 5.73 Å². The van der Waals surface area contributed by atoms with E-state index in [9.17, 15) is 13.2 Å². The van der Waals surface area contributed by atoms with Crippen LogP contribution >= 0.6 is 0 Å². The fraction of sp³-hybridized carbons (Fsp3) is 0.200. The second-order valence-electron chi connectivity index (χ2n) is 3.52. The molecule has 1 heterocycles. The van der Waals surface area contributed by atoms with E-state index < -0.39 is 11.7 Å². The van der Waals surface area contributed by atoms with Crippen LogP contribution in [0.1, 0.15) is 11.3 Å². The molecule has 0 radical (unpaired) electrons. The van der Waals surface area contributed by atoms with Crippen molar-refractivity contribution in [1.29, 1.82) is 0 Å². The number of benzene rings is 1. The Morgan fingerprint density at radius 2 is 2.00 bits per heavy atom. The van der Waals surface area contributed by atoms with E-state index in [-0.39, 0.29) is 11.5 Å². The number of nitrogens with two attached hydrogens (primary N) is 1. The summed E-state index contributed by atoms with van der Waals surface area (Å²) in [7, 11) is 0. The average molecular weight is 242 g/mol. The molecular formula is C10H9F3N4. The Hall–Kier alpha value is -2.05. The molecule has 0 atom stereocenters. The maximum atomic E-state index is 12.5. The van der Waals surface area contributed by atoms with E-state index in [1.165, 1.54) is 16.8 Å². The first-order valence-electron chi connectivity index (χ1n) is 4.75. The largest absolute Gasteiger partial charge is 0.416 e. The van der Waals surface area contributed by atoms with Crippen molar-refractivity contribution >= 4 is 5.82 Å². The third-order valence-electron chi connectivity index (χ3n) is 2.35. The Morgan fingerprint density at radius 1 is 1.29 bits per heavy atom. The van der Waals surface area contributed by atoms with Gasteiger partial charge in [0.25, 0.3) is 0 Å². The smallest absolute Gasteiger partial charge is 0.381 e. The average Bonchev–Trinajstić information content (AvgIpc) is 2.59. The molecule has 0 aliphatic heterocycles. The summed E-state index contributed by atoms with van der Waals surface area (Å²) in [5.74, 6) is 0.197. The summed E-state index contributed by atoms with van der Waals surface area (Å²) < 4.78 is 38.8. The Kier molecular flexibility index (Phi) is 2.53. The van der Waals surface area contributed by atoms with Gasteiger partial charge in [-0.3, -0.25) is 0 Å². The highest BCUT2D eigenvalue weighted by Gasteiger charge is 2.30. The van der Waals surface area contributed by atoms with Crippen LogP contribution in [-0.4, -0.2) is 15.0 Å². The molecule has 0 aliphatic rings. The third-order valence-corrected chi connectivity index (χ3v) is 2.35. The van der Waals surface area contributed by atoms with Gasteiger partial charge in [0, 0.05) is 0 Å². The number of halogens is 3. The number of hydrogen-bond acceptors (Lipinski definition) is 3. The van der Waals surface area contributed by atoms with Gasteiger partial charge in [-0.2, -0.15) is 13.2 Å². The van der Waals surface area contributed by atoms with Gasteiger partial charge in [-0.05, 0) is 25.1 Å². The van der Waals surface area contributed by atoms with Crippen molar-refractivity contribution in [2.24, 2.45) is 0 Å². The van der Waals surface area contributed by atoms with Gasteiger partial charge in [0.05, 0.1) is 16.9 Å². The van der Waals surface area contributed by atoms with Crippen LogP contribution in [0, 0.1) is 6.92 Å². The summed E-state index contributed by atoms with van der Waals surface area (Å²) in [6, 6.07) is 4.83. The fourth-order valence-corrected chi connectivity index (χ4v) is 1.40. The molecule has 1 aromatic carbocycles. The summed E-state index contributed by atoms with van der Waals surface area (Å²) in [4.78, 5) is 0. The molecule has 17 heavy (non-hydrogen) atoms. The van der Waals surface area contributed by atoms with Crippen molar-refractivity contribution in [3.05, 3.63) is 35.5 Å². The fourth-order valence-electron chi connectivity index (χ4n) is 1.40. The van der Waals surface area contributed by atoms with Crippen LogP contribution in [0.25, 0.3) is 5.69 Å². The van der Waals surface area contributed by atoms with Gasteiger partial charge in [0.1, 0.15) is 0 Å². The van der Waals surface area contributed by atoms with Crippen molar-refractivity contribution in [3.8, 4) is 5.69 Å². The maximum absolute atomic E-state index is 12.5. The van der Waals surface area contributed by atoms with E-state index in [4.69, 9.17) is 5.73 Å². The molecule has 0 bridgehead atoms. The molecule has 90 valence electrons. The minimum Gasteiger partial charge on any atom is -0.381 e. The number of rotatable bonds is 1. The van der Waals surface area contributed by atoms with Gasteiger partial charge in [-0.1, -0.05) is 11.3 Å². The van der Waals surface area contributed by atoms with E-state index in [2.05, 4.69) is 10.3 Å². The van der Waals surface area contributed by atoms with Crippen LogP contribution in [0.15, 0.2) is 24.3 Å². The van der Waals surface area contributed by atoms with Gasteiger partial charge < -0.3 is 5.73 Å². The topological polar surface area (TPSA) is 56.7 Å². The van der Waals surface area contributed by atoms with E-state index >= 15 is 0 Å². The molecule has 0 unspecified atom stereocenters. The van der Waals surface area contributed by atoms with Gasteiger partial charge in [-0.15, -0.1) is 5.10 Å². The molecule has 2 rings (SSSR count). The molecule has 4 nitrogen and oxygen atoms in total. The standard InChI is InChI=1S/C10H9F3N4/c1-6-9(14)15-16-17(6)8-4-2-3-7(5-8)10(11,12)13/h2-5H,14H2,1H3. The molecule has 0 saturated carbocycles. The third kappa shape index (κ3) is 2.08. The molecule has 0 spiro atoms. The van der Waals surface area contributed by atoms with Gasteiger partial charge in [-0.25, -0.2) is 4.68 Å². The molecule has 0 amide bonds. The molecular weight excluding hydrogens is 233 g/mol. The number of hydrogen-bond donors (Lipinski definition) is 1. The first-order chi connectivity index (χ1) is 7.89. The second-order valence-corrected chi connectivity index (χ2v) is 3.52. The lowest BCUT2D eigenvalue weighted by molar-refractivity contribution is -0.137. The minimum absolute atomic E-state index is 0.197. The second kappa shape index (κ2) is 3.76. The molecule has 2 N–H and O–H groups in total. The molecule has 7 heteroatoms. The van der Waals surface area contributed by atoms with Gasteiger partial charge >= 0.3 is 6.18 Å². The number of alkyl halides is 3. The van der Waals surface area contributed by atoms with E-state index in [0.717, 1.165) is 12.1 Å². The lowest BCUT2D eigenvalue weighted by Gasteiger charge is -2.09. The molecule has 1 aromatic heterocycles. The first-order valence-corrected chi connectivity index (χ1v) is 4.75. The van der Waals surface area contributed by atoms with E-state index in [0.29, 0.717) is 5.69 Å². The van der Waals surface area contributed by atoms with Crippen LogP contribution in [0.5, 0.6) is 0 Å². The highest BCUT2D eigenvalue weighted by molar-refractivity contribution is 5.42. The zero-order valence-corrected chi connectivity index (χ0v) is 8.86. The van der Waals surface area contributed by atoms with Crippen molar-refractivity contribution in [1.82, 2.24) is 15.0 Å². The highest BCUT2D eigenvalue weighted by atomic mass is 19.4. The maximum Gasteiger partial charge on any atom is 0.416 e. The van der Waals surface area contributed by atoms with Crippen molar-refractivity contribution in [2.45, 2.75) is 13.1 Å². The Morgan fingerprint density at radius 3 is 2.53 bits per heavy atom. The SMILES string of the molecule is Cc1c(N)nnn1-c1cccc(C(F)(F)F)c1. The number of nitrogen functional groups attached to an aromatic ring is 1. The number of anilines is 1. The summed E-state index contributed by atoms with van der Waals surface area (Å²) in [5.41, 5.74) is 5.54. The Bertz CT molecular complexity index is 545. The summed E-state index contributed by atoms with van der Waals surface area (Å²) >= 11 is 0. The molecule has 0 fully saturated rings. The lowest BCUT2D eigenvalue weighted by Crippen LogP contribution is -2.07. The predicted molar refractivity (Wildman–Crippen MR) is 55.5 cm³/mol. The van der Waals surface area contributed by atoms with Crippen LogP contribution in [0.4, 0.5) is 19.0 Å². The summed E-state index contributed by atoms with van der Waals surface area (Å²) in [6.45, 7) is 1.63. The molecule has 0 saturated heterocycles. The molecule has 2 aromatic rings. The zero-order chi connectivity index (χ0) is 12.6. The minimum atomic E-state index is -4.38. The number of nitrogens with zero attached hydrogens (tertiary/aromatic N) is 3. The predicted octanol–water partition coefficient (Wildman–Crippen LogP) is 2.18. The van der Waals surface area contributed by atoms with Gasteiger partial charge in [0.2, 0.25) is 0 Å². The van der Waals surface area contributed by atoms with Crippen molar-refractivity contribution < 1.29 is 13.2 Å². The van der Waals surface area contributed by atoms with Crippen molar-refractivity contribution in [3.63, 3.8) is 0 Å². The first kappa shape index (κ1) is 11.4. The number of aromatic nitrogens is 3. The highest BCUT2D eigenvalue weighted by Crippen LogP contribution is 2.30. The van der Waals surface area contributed by atoms with Crippen LogP contribution < -0.4 is 5.73 Å². The van der Waals surface area contributed by atoms with Crippen LogP contribution in [0.2, 0.25) is 0 Å². The van der Waals surface area contributed by atoms with Gasteiger partial charge in [0.15, 0.2) is 5.82 Å². The Balaban J connectivity index is 2.51. The lowest BCUT2D eigenvalue weighted by atomic mass is 10.2. The summed E-state index contributed by atoms with van der Waals surface area (Å²) in [5, 5.41) is 7.28. The zero-order valence-electron chi connectivity index (χ0n) is 8.86. The monoisotopic (exact) mass is 242 g/mol.